The van der Waals surface area contributed by atoms with Gasteiger partial charge in [-0.3, -0.25) is 4.79 Å². The summed E-state index contributed by atoms with van der Waals surface area (Å²) in [5.74, 6) is -0.774. The van der Waals surface area contributed by atoms with E-state index in [1.165, 1.54) is 0 Å². The number of hydrogen-bond acceptors (Lipinski definition) is 1. The minimum atomic E-state index is -0.774. The zero-order valence-electron chi connectivity index (χ0n) is 7.90. The van der Waals surface area contributed by atoms with E-state index in [9.17, 15) is 4.79 Å². The summed E-state index contributed by atoms with van der Waals surface area (Å²) < 4.78 is 1.87. The first-order valence-corrected chi connectivity index (χ1v) is 4.20. The van der Waals surface area contributed by atoms with Gasteiger partial charge in [0.1, 0.15) is 5.41 Å². The molecule has 0 aliphatic carbocycles. The topological polar surface area (TPSA) is 41.2 Å². The quantitative estimate of drug-likeness (QED) is 0.707. The van der Waals surface area contributed by atoms with Crippen LogP contribution in [0.2, 0.25) is 0 Å². The van der Waals surface area contributed by atoms with E-state index in [4.69, 9.17) is 5.11 Å². The molecule has 3 nitrogen and oxygen atoms in total. The Morgan fingerprint density at radius 3 is 2.31 bits per heavy atom. The van der Waals surface area contributed by atoms with Crippen molar-refractivity contribution < 1.29 is 14.5 Å². The molecule has 1 rings (SSSR count). The smallest absolute Gasteiger partial charge is 0.315 e. The minimum Gasteiger partial charge on any atom is -0.481 e. The summed E-state index contributed by atoms with van der Waals surface area (Å²) in [6, 6.07) is 5.68. The van der Waals surface area contributed by atoms with Crippen LogP contribution in [-0.4, -0.2) is 11.1 Å². The van der Waals surface area contributed by atoms with Gasteiger partial charge in [-0.15, -0.1) is 0 Å². The fourth-order valence-corrected chi connectivity index (χ4v) is 1.06. The number of carboxylic acid groups (broad SMARTS) is 1. The van der Waals surface area contributed by atoms with E-state index in [1.54, 1.807) is 13.8 Å². The van der Waals surface area contributed by atoms with Gasteiger partial charge in [-0.2, -0.15) is 0 Å². The molecule has 0 aromatic carbocycles. The normalized spacial score (nSPS) is 11.2. The highest BCUT2D eigenvalue weighted by atomic mass is 16.4. The van der Waals surface area contributed by atoms with E-state index >= 15 is 0 Å². The Hall–Kier alpha value is -1.38. The SMILES string of the molecule is CC(C)(C[n+]1ccccc1)C(=O)O. The van der Waals surface area contributed by atoms with Crippen LogP contribution < -0.4 is 4.57 Å². The molecule has 1 aromatic rings. The van der Waals surface area contributed by atoms with Crippen LogP contribution in [0.4, 0.5) is 0 Å². The van der Waals surface area contributed by atoms with E-state index in [-0.39, 0.29) is 0 Å². The number of aromatic nitrogens is 1. The molecular formula is C10H14NO2+. The van der Waals surface area contributed by atoms with Gasteiger partial charge in [0.25, 0.3) is 0 Å². The number of carboxylic acids is 1. The fraction of sp³-hybridized carbons (Fsp3) is 0.400. The van der Waals surface area contributed by atoms with Crippen LogP contribution in [0.5, 0.6) is 0 Å². The molecule has 1 N–H and O–H groups in total. The lowest BCUT2D eigenvalue weighted by Gasteiger charge is -2.14. The lowest BCUT2D eigenvalue weighted by atomic mass is 9.94. The predicted molar refractivity (Wildman–Crippen MR) is 48.1 cm³/mol. The minimum absolute atomic E-state index is 0.489. The van der Waals surface area contributed by atoms with Crippen molar-refractivity contribution in [2.24, 2.45) is 5.41 Å². The van der Waals surface area contributed by atoms with Crippen LogP contribution in [0.3, 0.4) is 0 Å². The van der Waals surface area contributed by atoms with E-state index in [0.717, 1.165) is 0 Å². The zero-order valence-corrected chi connectivity index (χ0v) is 7.90. The van der Waals surface area contributed by atoms with Gasteiger partial charge in [-0.25, -0.2) is 4.57 Å². The summed E-state index contributed by atoms with van der Waals surface area (Å²) in [5.41, 5.74) is -0.716. The van der Waals surface area contributed by atoms with Crippen LogP contribution in [-0.2, 0) is 11.3 Å². The molecular weight excluding hydrogens is 166 g/mol. The Morgan fingerprint density at radius 1 is 1.31 bits per heavy atom. The molecule has 0 bridgehead atoms. The van der Waals surface area contributed by atoms with Crippen molar-refractivity contribution in [1.82, 2.24) is 0 Å². The van der Waals surface area contributed by atoms with Gasteiger partial charge >= 0.3 is 5.97 Å². The fourth-order valence-electron chi connectivity index (χ4n) is 1.06. The summed E-state index contributed by atoms with van der Waals surface area (Å²) in [6.45, 7) is 3.92. The van der Waals surface area contributed by atoms with Gasteiger partial charge in [0.15, 0.2) is 18.9 Å². The van der Waals surface area contributed by atoms with Gasteiger partial charge in [-0.05, 0) is 13.8 Å². The molecule has 1 heterocycles. The molecule has 0 aliphatic rings. The number of nitrogens with zero attached hydrogens (tertiary/aromatic N) is 1. The number of hydrogen-bond donors (Lipinski definition) is 1. The van der Waals surface area contributed by atoms with E-state index in [1.807, 2.05) is 35.2 Å². The van der Waals surface area contributed by atoms with Gasteiger partial charge in [0.2, 0.25) is 0 Å². The number of rotatable bonds is 3. The summed E-state index contributed by atoms with van der Waals surface area (Å²) in [4.78, 5) is 10.8. The maximum Gasteiger partial charge on any atom is 0.315 e. The Kier molecular flexibility index (Phi) is 2.66. The Bertz CT molecular complexity index is 293. The van der Waals surface area contributed by atoms with Crippen molar-refractivity contribution in [3.05, 3.63) is 30.6 Å². The summed E-state index contributed by atoms with van der Waals surface area (Å²) in [5, 5.41) is 8.89. The zero-order chi connectivity index (χ0) is 9.90. The van der Waals surface area contributed by atoms with Gasteiger partial charge in [-0.1, -0.05) is 6.07 Å². The molecule has 0 atom stereocenters. The average Bonchev–Trinajstić information content (AvgIpc) is 2.05. The molecule has 1 aromatic heterocycles. The lowest BCUT2D eigenvalue weighted by Crippen LogP contribution is -2.44. The molecule has 3 heteroatoms. The highest BCUT2D eigenvalue weighted by Gasteiger charge is 2.31. The second-order valence-electron chi connectivity index (χ2n) is 3.74. The number of carbonyl (C=O) groups is 1. The van der Waals surface area contributed by atoms with Crippen molar-refractivity contribution in [2.45, 2.75) is 20.4 Å². The van der Waals surface area contributed by atoms with Crippen molar-refractivity contribution in [2.75, 3.05) is 0 Å². The largest absolute Gasteiger partial charge is 0.481 e. The molecule has 13 heavy (non-hydrogen) atoms. The maximum absolute atomic E-state index is 10.8. The van der Waals surface area contributed by atoms with Crippen LogP contribution in [0.25, 0.3) is 0 Å². The Balaban J connectivity index is 2.75. The summed E-state index contributed by atoms with van der Waals surface area (Å²) in [7, 11) is 0. The third-order valence-electron chi connectivity index (χ3n) is 1.93. The van der Waals surface area contributed by atoms with Gasteiger partial charge < -0.3 is 5.11 Å². The molecule has 0 unspecified atom stereocenters. The van der Waals surface area contributed by atoms with Crippen molar-refractivity contribution in [1.29, 1.82) is 0 Å². The molecule has 0 aliphatic heterocycles. The number of aliphatic carboxylic acids is 1. The lowest BCUT2D eigenvalue weighted by molar-refractivity contribution is -0.706. The molecule has 0 spiro atoms. The molecule has 70 valence electrons. The van der Waals surface area contributed by atoms with Crippen molar-refractivity contribution in [3.8, 4) is 0 Å². The highest BCUT2D eigenvalue weighted by Crippen LogP contribution is 2.14. The first-order valence-electron chi connectivity index (χ1n) is 4.20. The Morgan fingerprint density at radius 2 is 1.85 bits per heavy atom. The van der Waals surface area contributed by atoms with Crippen LogP contribution in [0, 0.1) is 5.41 Å². The molecule has 0 fully saturated rings. The third-order valence-corrected chi connectivity index (χ3v) is 1.93. The molecule has 0 saturated heterocycles. The van der Waals surface area contributed by atoms with Crippen LogP contribution in [0.1, 0.15) is 13.8 Å². The monoisotopic (exact) mass is 180 g/mol. The van der Waals surface area contributed by atoms with Crippen LogP contribution >= 0.6 is 0 Å². The predicted octanol–water partition coefficient (Wildman–Crippen LogP) is 1.08. The standard InChI is InChI=1S/C10H13NO2/c1-10(2,9(12)13)8-11-6-4-3-5-7-11/h3-7H,8H2,1-2H3/p+1. The average molecular weight is 180 g/mol. The molecule has 0 saturated carbocycles. The molecule has 0 amide bonds. The first-order chi connectivity index (χ1) is 6.02. The van der Waals surface area contributed by atoms with E-state index < -0.39 is 11.4 Å². The van der Waals surface area contributed by atoms with Crippen molar-refractivity contribution >= 4 is 5.97 Å². The first kappa shape index (κ1) is 9.71. The van der Waals surface area contributed by atoms with E-state index in [0.29, 0.717) is 6.54 Å². The second kappa shape index (κ2) is 3.56. The summed E-state index contributed by atoms with van der Waals surface area (Å²) >= 11 is 0. The maximum atomic E-state index is 10.8. The van der Waals surface area contributed by atoms with Gasteiger partial charge in [0, 0.05) is 12.1 Å². The second-order valence-corrected chi connectivity index (χ2v) is 3.74. The molecule has 0 radical (unpaired) electrons. The summed E-state index contributed by atoms with van der Waals surface area (Å²) in [6.07, 6.45) is 3.73. The van der Waals surface area contributed by atoms with Gasteiger partial charge in [0.05, 0.1) is 0 Å². The van der Waals surface area contributed by atoms with Crippen LogP contribution in [0.15, 0.2) is 30.6 Å². The van der Waals surface area contributed by atoms with Crippen molar-refractivity contribution in [3.63, 3.8) is 0 Å². The third kappa shape index (κ3) is 2.54. The number of pyridine rings is 1. The Labute approximate surface area is 77.6 Å². The van der Waals surface area contributed by atoms with E-state index in [2.05, 4.69) is 0 Å². The highest BCUT2D eigenvalue weighted by molar-refractivity contribution is 5.73.